The number of benzene rings is 2. The zero-order valence-electron chi connectivity index (χ0n) is 17.9. The van der Waals surface area contributed by atoms with Gasteiger partial charge in [0.25, 0.3) is 0 Å². The number of ether oxygens (including phenoxy) is 3. The minimum Gasteiger partial charge on any atom is -0.493 e. The van der Waals surface area contributed by atoms with E-state index in [1.165, 1.54) is 6.33 Å². The first-order valence-electron chi connectivity index (χ1n) is 9.36. The molecule has 0 saturated carbocycles. The number of methoxy groups -OCH3 is 3. The van der Waals surface area contributed by atoms with Crippen LogP contribution in [-0.4, -0.2) is 49.5 Å². The molecule has 0 radical (unpaired) electrons. The summed E-state index contributed by atoms with van der Waals surface area (Å²) in [6, 6.07) is 11.9. The molecule has 0 aliphatic carbocycles. The lowest BCUT2D eigenvalue weighted by atomic mass is 10.1. The number of nitrogens with zero attached hydrogens (tertiary/aromatic N) is 3. The fraction of sp³-hybridized carbons (Fsp3) is 0.286. The van der Waals surface area contributed by atoms with Gasteiger partial charge in [-0.2, -0.15) is 5.10 Å². The molecule has 0 aliphatic heterocycles. The Balaban J connectivity index is 0.00000341. The third kappa shape index (κ3) is 6.23. The van der Waals surface area contributed by atoms with Gasteiger partial charge in [-0.3, -0.25) is 10.1 Å². The molecule has 1 aromatic heterocycles. The molecule has 0 spiro atoms. The molecular weight excluding hydrogens is 511 g/mol. The van der Waals surface area contributed by atoms with Crippen LogP contribution < -0.4 is 24.8 Å². The van der Waals surface area contributed by atoms with Gasteiger partial charge >= 0.3 is 0 Å². The van der Waals surface area contributed by atoms with E-state index in [0.29, 0.717) is 36.3 Å². The van der Waals surface area contributed by atoms with E-state index < -0.39 is 0 Å². The van der Waals surface area contributed by atoms with Gasteiger partial charge in [-0.05, 0) is 29.3 Å². The molecule has 0 fully saturated rings. The fourth-order valence-electron chi connectivity index (χ4n) is 3.00. The van der Waals surface area contributed by atoms with E-state index in [2.05, 4.69) is 36.9 Å². The van der Waals surface area contributed by atoms with Gasteiger partial charge in [0.15, 0.2) is 23.3 Å². The first-order valence-corrected chi connectivity index (χ1v) is 9.36. The lowest BCUT2D eigenvalue weighted by molar-refractivity contribution is 0.323. The Bertz CT molecular complexity index is 970. The van der Waals surface area contributed by atoms with Crippen molar-refractivity contribution in [2.45, 2.75) is 13.1 Å². The smallest absolute Gasteiger partial charge is 0.203 e. The highest BCUT2D eigenvalue weighted by atomic mass is 127. The summed E-state index contributed by atoms with van der Waals surface area (Å²) in [7, 11) is 6.51. The minimum absolute atomic E-state index is 0. The zero-order valence-corrected chi connectivity index (χ0v) is 20.3. The second-order valence-electron chi connectivity index (χ2n) is 6.35. The van der Waals surface area contributed by atoms with Gasteiger partial charge in [0.2, 0.25) is 5.75 Å². The molecule has 2 aromatic carbocycles. The van der Waals surface area contributed by atoms with E-state index in [-0.39, 0.29) is 24.0 Å². The summed E-state index contributed by atoms with van der Waals surface area (Å²) in [6.45, 7) is 1.14. The molecule has 0 saturated heterocycles. The van der Waals surface area contributed by atoms with E-state index in [1.54, 1.807) is 28.4 Å². The maximum absolute atomic E-state index is 5.41. The molecule has 31 heavy (non-hydrogen) atoms. The molecule has 0 atom stereocenters. The molecule has 0 unspecified atom stereocenters. The monoisotopic (exact) mass is 538 g/mol. The fourth-order valence-corrected chi connectivity index (χ4v) is 3.00. The zero-order chi connectivity index (χ0) is 21.3. The van der Waals surface area contributed by atoms with Gasteiger partial charge < -0.3 is 24.8 Å². The Hall–Kier alpha value is -3.02. The third-order valence-corrected chi connectivity index (χ3v) is 4.48. The number of aromatic amines is 1. The topological polar surface area (TPSA) is 106 Å². The maximum atomic E-state index is 5.41. The summed E-state index contributed by atoms with van der Waals surface area (Å²) in [5.74, 6) is 3.20. The summed E-state index contributed by atoms with van der Waals surface area (Å²) in [6.07, 6.45) is 1.50. The van der Waals surface area contributed by atoms with Crippen LogP contribution in [-0.2, 0) is 13.1 Å². The van der Waals surface area contributed by atoms with Crippen LogP contribution in [0.3, 0.4) is 0 Å². The Kier molecular flexibility index (Phi) is 9.38. The summed E-state index contributed by atoms with van der Waals surface area (Å²) in [5, 5.41) is 13.4. The first-order chi connectivity index (χ1) is 14.7. The molecule has 0 amide bonds. The number of H-pyrrole nitrogens is 1. The van der Waals surface area contributed by atoms with E-state index in [9.17, 15) is 0 Å². The highest BCUT2D eigenvalue weighted by molar-refractivity contribution is 14.0. The second kappa shape index (κ2) is 12.0. The molecule has 9 nitrogen and oxygen atoms in total. The van der Waals surface area contributed by atoms with Crippen LogP contribution in [0.2, 0.25) is 0 Å². The van der Waals surface area contributed by atoms with E-state index in [4.69, 9.17) is 14.2 Å². The summed E-state index contributed by atoms with van der Waals surface area (Å²) >= 11 is 0. The lowest BCUT2D eigenvalue weighted by Gasteiger charge is -2.16. The Morgan fingerprint density at radius 2 is 1.65 bits per heavy atom. The quantitative estimate of drug-likeness (QED) is 0.230. The number of hydrogen-bond donors (Lipinski definition) is 3. The summed E-state index contributed by atoms with van der Waals surface area (Å²) in [5.41, 5.74) is 3.05. The standard InChI is InChI=1S/C21H26N6O3.HI/c1-22-21(23-11-14-6-5-7-16(8-14)20-25-13-26-27-20)24-12-15-9-17(28-2)19(30-4)18(10-15)29-3;/h5-10,13H,11-12H2,1-4H3,(H2,22,23,24)(H,25,26,27);1H. The Labute approximate surface area is 198 Å². The van der Waals surface area contributed by atoms with Crippen molar-refractivity contribution >= 4 is 29.9 Å². The highest BCUT2D eigenvalue weighted by Crippen LogP contribution is 2.38. The van der Waals surface area contributed by atoms with Crippen LogP contribution in [0.4, 0.5) is 0 Å². The number of guanidine groups is 1. The molecule has 10 heteroatoms. The molecule has 3 rings (SSSR count). The number of nitrogens with one attached hydrogen (secondary N) is 3. The van der Waals surface area contributed by atoms with Crippen molar-refractivity contribution in [3.8, 4) is 28.6 Å². The predicted molar refractivity (Wildman–Crippen MR) is 130 cm³/mol. The van der Waals surface area contributed by atoms with Crippen molar-refractivity contribution < 1.29 is 14.2 Å². The van der Waals surface area contributed by atoms with Crippen LogP contribution in [0.1, 0.15) is 11.1 Å². The molecular formula is C21H27IN6O3. The van der Waals surface area contributed by atoms with Gasteiger partial charge in [-0.15, -0.1) is 24.0 Å². The van der Waals surface area contributed by atoms with Crippen LogP contribution >= 0.6 is 24.0 Å². The average Bonchev–Trinajstić information content (AvgIpc) is 3.33. The van der Waals surface area contributed by atoms with Gasteiger partial charge in [0.1, 0.15) is 6.33 Å². The van der Waals surface area contributed by atoms with E-state index in [1.807, 2.05) is 30.3 Å². The number of hydrogen-bond acceptors (Lipinski definition) is 6. The van der Waals surface area contributed by atoms with E-state index in [0.717, 1.165) is 22.5 Å². The third-order valence-electron chi connectivity index (χ3n) is 4.48. The minimum atomic E-state index is 0. The maximum Gasteiger partial charge on any atom is 0.203 e. The van der Waals surface area contributed by atoms with Crippen LogP contribution in [0.15, 0.2) is 47.7 Å². The summed E-state index contributed by atoms with van der Waals surface area (Å²) < 4.78 is 16.2. The Morgan fingerprint density at radius 3 is 2.19 bits per heavy atom. The SMILES string of the molecule is CN=C(NCc1cccc(-c2ncn[nH]2)c1)NCc1cc(OC)c(OC)c(OC)c1.I. The van der Waals surface area contributed by atoms with Gasteiger partial charge in [-0.1, -0.05) is 18.2 Å². The molecule has 166 valence electrons. The second-order valence-corrected chi connectivity index (χ2v) is 6.35. The van der Waals surface area contributed by atoms with Crippen molar-refractivity contribution in [3.05, 3.63) is 53.9 Å². The summed E-state index contributed by atoms with van der Waals surface area (Å²) in [4.78, 5) is 8.48. The molecule has 0 aliphatic rings. The van der Waals surface area contributed by atoms with Crippen LogP contribution in [0.5, 0.6) is 17.2 Å². The highest BCUT2D eigenvalue weighted by Gasteiger charge is 2.13. The Morgan fingerprint density at radius 1 is 0.968 bits per heavy atom. The number of rotatable bonds is 8. The van der Waals surface area contributed by atoms with Crippen molar-refractivity contribution in [1.29, 1.82) is 0 Å². The van der Waals surface area contributed by atoms with Crippen molar-refractivity contribution in [3.63, 3.8) is 0 Å². The molecule has 3 aromatic rings. The van der Waals surface area contributed by atoms with Crippen molar-refractivity contribution in [2.24, 2.45) is 4.99 Å². The normalized spacial score (nSPS) is 10.8. The van der Waals surface area contributed by atoms with E-state index >= 15 is 0 Å². The first kappa shape index (κ1) is 24.3. The molecule has 3 N–H and O–H groups in total. The number of aromatic nitrogens is 3. The van der Waals surface area contributed by atoms with Gasteiger partial charge in [0.05, 0.1) is 21.3 Å². The number of halogens is 1. The van der Waals surface area contributed by atoms with Gasteiger partial charge in [0, 0.05) is 25.7 Å². The molecule has 0 bridgehead atoms. The lowest BCUT2D eigenvalue weighted by Crippen LogP contribution is -2.36. The number of aliphatic imine (C=N–C) groups is 1. The van der Waals surface area contributed by atoms with Crippen molar-refractivity contribution in [1.82, 2.24) is 25.8 Å². The van der Waals surface area contributed by atoms with Gasteiger partial charge in [-0.25, -0.2) is 4.98 Å². The van der Waals surface area contributed by atoms with Crippen molar-refractivity contribution in [2.75, 3.05) is 28.4 Å². The average molecular weight is 538 g/mol. The predicted octanol–water partition coefficient (Wildman–Crippen LogP) is 2.98. The largest absolute Gasteiger partial charge is 0.493 e. The van der Waals surface area contributed by atoms with Crippen LogP contribution in [0.25, 0.3) is 11.4 Å². The van der Waals surface area contributed by atoms with Crippen LogP contribution in [0, 0.1) is 0 Å². The molecule has 1 heterocycles.